The Morgan fingerprint density at radius 1 is 0.632 bits per heavy atom. The SMILES string of the molecule is COc1cccc(OC(C)C)c1-c1sc(-c2cc(C#N)c(-c3c(OC)cccc3OC(C)C)s2)cc1C#N. The summed E-state index contributed by atoms with van der Waals surface area (Å²) in [6.45, 7) is 7.83. The zero-order valence-corrected chi connectivity index (χ0v) is 23.8. The van der Waals surface area contributed by atoms with Gasteiger partial charge in [0.25, 0.3) is 0 Å². The van der Waals surface area contributed by atoms with Crippen LogP contribution >= 0.6 is 22.7 Å². The molecule has 4 aromatic rings. The summed E-state index contributed by atoms with van der Waals surface area (Å²) in [4.78, 5) is 3.24. The number of nitriles is 2. The third-order valence-corrected chi connectivity index (χ3v) is 8.04. The fraction of sp³-hybridized carbons (Fsp3) is 0.267. The number of thiophene rings is 2. The first-order chi connectivity index (χ1) is 18.3. The fourth-order valence-corrected chi connectivity index (χ4v) is 6.47. The number of hydrogen-bond donors (Lipinski definition) is 0. The van der Waals surface area contributed by atoms with E-state index < -0.39 is 0 Å². The summed E-state index contributed by atoms with van der Waals surface area (Å²) in [5, 5.41) is 20.1. The predicted molar refractivity (Wildman–Crippen MR) is 153 cm³/mol. The molecule has 0 fully saturated rings. The average Bonchev–Trinajstić information content (AvgIpc) is 3.51. The average molecular weight is 545 g/mol. The Morgan fingerprint density at radius 2 is 1.00 bits per heavy atom. The van der Waals surface area contributed by atoms with Gasteiger partial charge < -0.3 is 18.9 Å². The smallest absolute Gasteiger partial charge is 0.132 e. The highest BCUT2D eigenvalue weighted by molar-refractivity contribution is 7.25. The zero-order chi connectivity index (χ0) is 27.4. The summed E-state index contributed by atoms with van der Waals surface area (Å²) < 4.78 is 23.5. The van der Waals surface area contributed by atoms with Gasteiger partial charge in [-0.1, -0.05) is 12.1 Å². The number of hydrogen-bond acceptors (Lipinski definition) is 8. The zero-order valence-electron chi connectivity index (χ0n) is 22.1. The van der Waals surface area contributed by atoms with Gasteiger partial charge in [0, 0.05) is 9.75 Å². The van der Waals surface area contributed by atoms with Gasteiger partial charge in [0.05, 0.1) is 58.4 Å². The second-order valence-electron chi connectivity index (χ2n) is 8.93. The highest BCUT2D eigenvalue weighted by atomic mass is 32.1. The number of ether oxygens (including phenoxy) is 4. The number of nitrogens with zero attached hydrogens (tertiary/aromatic N) is 2. The van der Waals surface area contributed by atoms with Crippen molar-refractivity contribution in [3.8, 4) is 65.8 Å². The molecular weight excluding hydrogens is 516 g/mol. The number of rotatable bonds is 9. The Labute approximate surface area is 231 Å². The van der Waals surface area contributed by atoms with E-state index in [0.717, 1.165) is 30.6 Å². The van der Waals surface area contributed by atoms with Crippen LogP contribution in [0, 0.1) is 22.7 Å². The fourth-order valence-electron chi connectivity index (χ4n) is 4.08. The van der Waals surface area contributed by atoms with Crippen molar-refractivity contribution < 1.29 is 18.9 Å². The molecule has 0 aliphatic carbocycles. The Morgan fingerprint density at radius 3 is 1.32 bits per heavy atom. The van der Waals surface area contributed by atoms with Crippen LogP contribution in [0.2, 0.25) is 0 Å². The van der Waals surface area contributed by atoms with Crippen LogP contribution in [0.15, 0.2) is 48.5 Å². The Balaban J connectivity index is 1.90. The highest BCUT2D eigenvalue weighted by Gasteiger charge is 2.24. The quantitative estimate of drug-likeness (QED) is 0.211. The van der Waals surface area contributed by atoms with Crippen LogP contribution in [0.4, 0.5) is 0 Å². The molecule has 194 valence electrons. The Bertz CT molecular complexity index is 1420. The lowest BCUT2D eigenvalue weighted by Gasteiger charge is -2.16. The lowest BCUT2D eigenvalue weighted by Crippen LogP contribution is -2.07. The summed E-state index contributed by atoms with van der Waals surface area (Å²) in [6, 6.07) is 19.6. The lowest BCUT2D eigenvalue weighted by molar-refractivity contribution is 0.242. The topological polar surface area (TPSA) is 84.5 Å². The molecule has 4 rings (SSSR count). The predicted octanol–water partition coefficient (Wildman–Crippen LogP) is 8.15. The molecule has 0 radical (unpaired) electrons. The molecular formula is C30H28N2O4S2. The molecule has 2 aromatic carbocycles. The molecule has 0 unspecified atom stereocenters. The third-order valence-electron chi connectivity index (χ3n) is 5.54. The van der Waals surface area contributed by atoms with E-state index in [2.05, 4.69) is 12.1 Å². The molecule has 2 aromatic heterocycles. The molecule has 0 saturated carbocycles. The summed E-state index contributed by atoms with van der Waals surface area (Å²) in [5.41, 5.74) is 2.51. The van der Waals surface area contributed by atoms with Crippen molar-refractivity contribution in [2.75, 3.05) is 14.2 Å². The minimum absolute atomic E-state index is 0.0491. The van der Waals surface area contributed by atoms with Gasteiger partial charge in [-0.3, -0.25) is 0 Å². The van der Waals surface area contributed by atoms with Gasteiger partial charge >= 0.3 is 0 Å². The largest absolute Gasteiger partial charge is 0.496 e. The maximum Gasteiger partial charge on any atom is 0.132 e. The van der Waals surface area contributed by atoms with Crippen molar-refractivity contribution in [1.82, 2.24) is 0 Å². The molecule has 0 N–H and O–H groups in total. The van der Waals surface area contributed by atoms with Gasteiger partial charge in [0.2, 0.25) is 0 Å². The first-order valence-corrected chi connectivity index (χ1v) is 13.7. The highest BCUT2D eigenvalue weighted by Crippen LogP contribution is 2.50. The van der Waals surface area contributed by atoms with E-state index >= 15 is 0 Å². The van der Waals surface area contributed by atoms with Gasteiger partial charge in [-0.2, -0.15) is 10.5 Å². The lowest BCUT2D eigenvalue weighted by atomic mass is 10.1. The molecule has 6 nitrogen and oxygen atoms in total. The van der Waals surface area contributed by atoms with Crippen LogP contribution < -0.4 is 18.9 Å². The maximum absolute atomic E-state index is 10.0. The molecule has 0 amide bonds. The summed E-state index contributed by atoms with van der Waals surface area (Å²) in [7, 11) is 3.21. The summed E-state index contributed by atoms with van der Waals surface area (Å²) in [6.07, 6.45) is -0.0982. The van der Waals surface area contributed by atoms with Crippen LogP contribution in [-0.4, -0.2) is 26.4 Å². The van der Waals surface area contributed by atoms with Gasteiger partial charge in [0.15, 0.2) is 0 Å². The minimum atomic E-state index is -0.0491. The van der Waals surface area contributed by atoms with Crippen molar-refractivity contribution in [3.05, 3.63) is 59.7 Å². The van der Waals surface area contributed by atoms with Gasteiger partial charge in [-0.25, -0.2) is 0 Å². The molecule has 2 heterocycles. The van der Waals surface area contributed by atoms with Gasteiger partial charge in [-0.15, -0.1) is 22.7 Å². The second kappa shape index (κ2) is 11.6. The monoisotopic (exact) mass is 544 g/mol. The molecule has 0 spiro atoms. The first-order valence-electron chi connectivity index (χ1n) is 12.1. The van der Waals surface area contributed by atoms with Gasteiger partial charge in [-0.05, 0) is 64.1 Å². The van der Waals surface area contributed by atoms with E-state index in [-0.39, 0.29) is 12.2 Å². The normalized spacial score (nSPS) is 10.8. The van der Waals surface area contributed by atoms with Crippen LogP contribution in [0.5, 0.6) is 23.0 Å². The summed E-state index contributed by atoms with van der Waals surface area (Å²) >= 11 is 2.94. The first kappa shape index (κ1) is 27.1. The summed E-state index contributed by atoms with van der Waals surface area (Å²) in [5.74, 6) is 2.56. The second-order valence-corrected chi connectivity index (χ2v) is 11.0. The van der Waals surface area contributed by atoms with Crippen molar-refractivity contribution in [2.24, 2.45) is 0 Å². The van der Waals surface area contributed by atoms with E-state index in [0.29, 0.717) is 34.1 Å². The van der Waals surface area contributed by atoms with E-state index in [1.54, 1.807) is 14.2 Å². The molecule has 0 bridgehead atoms. The van der Waals surface area contributed by atoms with Crippen LogP contribution in [0.25, 0.3) is 30.6 Å². The number of benzene rings is 2. The van der Waals surface area contributed by atoms with Crippen LogP contribution in [-0.2, 0) is 0 Å². The van der Waals surface area contributed by atoms with Crippen molar-refractivity contribution in [3.63, 3.8) is 0 Å². The molecule has 38 heavy (non-hydrogen) atoms. The van der Waals surface area contributed by atoms with E-state index in [4.69, 9.17) is 18.9 Å². The molecule has 0 atom stereocenters. The molecule has 0 saturated heterocycles. The van der Waals surface area contributed by atoms with Gasteiger partial charge in [0.1, 0.15) is 35.1 Å². The number of methoxy groups -OCH3 is 2. The van der Waals surface area contributed by atoms with Crippen molar-refractivity contribution >= 4 is 22.7 Å². The maximum atomic E-state index is 10.0. The van der Waals surface area contributed by atoms with Crippen molar-refractivity contribution in [2.45, 2.75) is 39.9 Å². The standard InChI is InChI=1S/C30H28N2O4S2/c1-17(2)35-23-11-7-9-21(33-5)27(23)29-19(15-31)13-25(37-29)26-14-20(16-32)30(38-26)28-22(34-6)10-8-12-24(28)36-18(3)4/h7-14,17-18H,1-6H3. The third kappa shape index (κ3) is 5.33. The molecule has 8 heteroatoms. The Hall–Kier alpha value is -3.98. The minimum Gasteiger partial charge on any atom is -0.496 e. The molecule has 0 aliphatic heterocycles. The van der Waals surface area contributed by atoms with E-state index in [9.17, 15) is 10.5 Å². The van der Waals surface area contributed by atoms with Crippen LogP contribution in [0.1, 0.15) is 38.8 Å². The van der Waals surface area contributed by atoms with E-state index in [1.807, 2.05) is 76.2 Å². The van der Waals surface area contributed by atoms with Crippen LogP contribution in [0.3, 0.4) is 0 Å². The molecule has 0 aliphatic rings. The van der Waals surface area contributed by atoms with E-state index in [1.165, 1.54) is 22.7 Å². The Kier molecular flexibility index (Phi) is 8.26. The van der Waals surface area contributed by atoms with Crippen molar-refractivity contribution in [1.29, 1.82) is 10.5 Å².